The molecule has 1 fully saturated rings. The zero-order valence-electron chi connectivity index (χ0n) is 12.1. The van der Waals surface area contributed by atoms with E-state index in [1.54, 1.807) is 12.1 Å². The second-order valence-corrected chi connectivity index (χ2v) is 5.58. The van der Waals surface area contributed by atoms with Crippen LogP contribution in [0.25, 0.3) is 0 Å². The SMILES string of the molecule is CCC[C@]1(O)C(NC(=O)c2ccccc2O)=CC(=O)[C@H]2O[C@H]21. The molecular weight excluding hydrogens is 286 g/mol. The summed E-state index contributed by atoms with van der Waals surface area (Å²) in [5, 5.41) is 23.1. The predicted molar refractivity (Wildman–Crippen MR) is 77.2 cm³/mol. The van der Waals surface area contributed by atoms with Gasteiger partial charge in [0, 0.05) is 6.08 Å². The van der Waals surface area contributed by atoms with Crippen molar-refractivity contribution in [3.8, 4) is 5.75 Å². The molecule has 0 spiro atoms. The van der Waals surface area contributed by atoms with Crippen LogP contribution in [0.4, 0.5) is 0 Å². The number of rotatable bonds is 4. The molecule has 1 aromatic rings. The van der Waals surface area contributed by atoms with Crippen LogP contribution in [-0.4, -0.2) is 39.7 Å². The van der Waals surface area contributed by atoms with E-state index in [2.05, 4.69) is 5.32 Å². The lowest BCUT2D eigenvalue weighted by atomic mass is 9.83. The summed E-state index contributed by atoms with van der Waals surface area (Å²) in [7, 11) is 0. The van der Waals surface area contributed by atoms with Crippen LogP contribution in [0.2, 0.25) is 0 Å². The monoisotopic (exact) mass is 303 g/mol. The van der Waals surface area contributed by atoms with Gasteiger partial charge in [-0.1, -0.05) is 25.5 Å². The summed E-state index contributed by atoms with van der Waals surface area (Å²) < 4.78 is 5.25. The molecule has 1 aliphatic heterocycles. The van der Waals surface area contributed by atoms with Crippen LogP contribution < -0.4 is 5.32 Å². The Morgan fingerprint density at radius 2 is 2.14 bits per heavy atom. The first kappa shape index (κ1) is 14.7. The third-order valence-electron chi connectivity index (χ3n) is 4.02. The van der Waals surface area contributed by atoms with Crippen LogP contribution in [0.1, 0.15) is 30.1 Å². The molecule has 1 amide bonds. The Kier molecular flexibility index (Phi) is 3.50. The highest BCUT2D eigenvalue weighted by molar-refractivity contribution is 6.02. The molecule has 1 saturated heterocycles. The second-order valence-electron chi connectivity index (χ2n) is 5.58. The normalized spacial score (nSPS) is 29.5. The Bertz CT molecular complexity index is 668. The fourth-order valence-corrected chi connectivity index (χ4v) is 2.85. The van der Waals surface area contributed by atoms with Crippen LogP contribution in [-0.2, 0) is 9.53 Å². The van der Waals surface area contributed by atoms with E-state index < -0.39 is 23.7 Å². The lowest BCUT2D eigenvalue weighted by Gasteiger charge is -2.31. The highest BCUT2D eigenvalue weighted by Gasteiger charge is 2.61. The van der Waals surface area contributed by atoms with Crippen LogP contribution >= 0.6 is 0 Å². The van der Waals surface area contributed by atoms with Gasteiger partial charge in [0.25, 0.3) is 5.91 Å². The molecule has 0 bridgehead atoms. The average Bonchev–Trinajstić information content (AvgIpc) is 3.27. The van der Waals surface area contributed by atoms with Crippen molar-refractivity contribution in [1.82, 2.24) is 5.32 Å². The number of para-hydroxylation sites is 1. The molecule has 6 nitrogen and oxygen atoms in total. The molecule has 0 radical (unpaired) electrons. The summed E-state index contributed by atoms with van der Waals surface area (Å²) in [5.74, 6) is -1.01. The Morgan fingerprint density at radius 3 is 2.82 bits per heavy atom. The van der Waals surface area contributed by atoms with Crippen LogP contribution in [0.15, 0.2) is 36.0 Å². The standard InChI is InChI=1S/C16H17NO5/c1-2-7-16(21)12(8-11(19)13-14(16)22-13)17-15(20)9-5-3-4-6-10(9)18/h3-6,8,13-14,18,21H,2,7H2,1H3,(H,17,20)/t13-,14-,16+/m1/s1. The van der Waals surface area contributed by atoms with Gasteiger partial charge in [0.1, 0.15) is 23.6 Å². The van der Waals surface area contributed by atoms with Crippen molar-refractivity contribution < 1.29 is 24.5 Å². The Balaban J connectivity index is 1.88. The maximum atomic E-state index is 12.3. The molecule has 1 heterocycles. The number of hydrogen-bond donors (Lipinski definition) is 3. The van der Waals surface area contributed by atoms with Gasteiger partial charge in [-0.3, -0.25) is 9.59 Å². The molecule has 2 aliphatic rings. The lowest BCUT2D eigenvalue weighted by molar-refractivity contribution is -0.116. The van der Waals surface area contributed by atoms with E-state index in [0.717, 1.165) is 0 Å². The number of benzene rings is 1. The molecule has 0 unspecified atom stereocenters. The van der Waals surface area contributed by atoms with Crippen LogP contribution in [0.3, 0.4) is 0 Å². The number of carbonyl (C=O) groups is 2. The fourth-order valence-electron chi connectivity index (χ4n) is 2.85. The van der Waals surface area contributed by atoms with Crippen LogP contribution in [0, 0.1) is 0 Å². The number of fused-ring (bicyclic) bond motifs is 1. The van der Waals surface area contributed by atoms with Gasteiger partial charge >= 0.3 is 0 Å². The minimum absolute atomic E-state index is 0.0773. The Labute approximate surface area is 127 Å². The van der Waals surface area contributed by atoms with E-state index in [1.807, 2.05) is 6.92 Å². The number of phenols is 1. The lowest BCUT2D eigenvalue weighted by Crippen LogP contribution is -2.48. The van der Waals surface area contributed by atoms with Gasteiger partial charge in [-0.05, 0) is 18.6 Å². The van der Waals surface area contributed by atoms with E-state index in [-0.39, 0.29) is 22.8 Å². The maximum Gasteiger partial charge on any atom is 0.259 e. The predicted octanol–water partition coefficient (Wildman–Crippen LogP) is 0.887. The van der Waals surface area contributed by atoms with E-state index in [4.69, 9.17) is 4.74 Å². The molecular formula is C16H17NO5. The van der Waals surface area contributed by atoms with Crippen molar-refractivity contribution in [3.63, 3.8) is 0 Å². The third-order valence-corrected chi connectivity index (χ3v) is 4.02. The summed E-state index contributed by atoms with van der Waals surface area (Å²) >= 11 is 0. The second kappa shape index (κ2) is 5.23. The molecule has 3 N–H and O–H groups in total. The molecule has 1 aliphatic carbocycles. The van der Waals surface area contributed by atoms with Gasteiger partial charge in [-0.15, -0.1) is 0 Å². The number of aromatic hydroxyl groups is 1. The number of hydrogen-bond acceptors (Lipinski definition) is 5. The smallest absolute Gasteiger partial charge is 0.259 e. The number of ketones is 1. The van der Waals surface area contributed by atoms with Gasteiger partial charge in [0.05, 0.1) is 11.3 Å². The van der Waals surface area contributed by atoms with E-state index in [0.29, 0.717) is 12.8 Å². The van der Waals surface area contributed by atoms with E-state index in [9.17, 15) is 19.8 Å². The van der Waals surface area contributed by atoms with Crippen molar-refractivity contribution in [2.45, 2.75) is 37.6 Å². The molecule has 3 atom stereocenters. The minimum atomic E-state index is -1.38. The van der Waals surface area contributed by atoms with Gasteiger partial charge in [0.15, 0.2) is 5.78 Å². The van der Waals surface area contributed by atoms with Crippen molar-refractivity contribution >= 4 is 11.7 Å². The van der Waals surface area contributed by atoms with Gasteiger partial charge in [-0.2, -0.15) is 0 Å². The largest absolute Gasteiger partial charge is 0.507 e. The van der Waals surface area contributed by atoms with Crippen LogP contribution in [0.5, 0.6) is 5.75 Å². The number of epoxide rings is 1. The number of phenolic OH excluding ortho intramolecular Hbond substituents is 1. The molecule has 3 rings (SSSR count). The summed E-state index contributed by atoms with van der Waals surface area (Å²) in [5.41, 5.74) is -1.17. The zero-order chi connectivity index (χ0) is 15.9. The Morgan fingerprint density at radius 1 is 1.41 bits per heavy atom. The van der Waals surface area contributed by atoms with E-state index in [1.165, 1.54) is 18.2 Å². The van der Waals surface area contributed by atoms with Gasteiger partial charge in [0.2, 0.25) is 0 Å². The fraction of sp³-hybridized carbons (Fsp3) is 0.375. The van der Waals surface area contributed by atoms with Gasteiger partial charge in [-0.25, -0.2) is 0 Å². The topological polar surface area (TPSA) is 99.2 Å². The minimum Gasteiger partial charge on any atom is -0.507 e. The van der Waals surface area contributed by atoms with Crippen molar-refractivity contribution in [1.29, 1.82) is 0 Å². The maximum absolute atomic E-state index is 12.3. The number of amides is 1. The zero-order valence-corrected chi connectivity index (χ0v) is 12.1. The quantitative estimate of drug-likeness (QED) is 0.717. The molecule has 1 aromatic carbocycles. The number of carbonyl (C=O) groups excluding carboxylic acids is 2. The Hall–Kier alpha value is -2.18. The highest BCUT2D eigenvalue weighted by Crippen LogP contribution is 2.43. The molecule has 116 valence electrons. The van der Waals surface area contributed by atoms with E-state index >= 15 is 0 Å². The highest BCUT2D eigenvalue weighted by atomic mass is 16.6. The molecule has 6 heteroatoms. The van der Waals surface area contributed by atoms with Gasteiger partial charge < -0.3 is 20.3 Å². The third kappa shape index (κ3) is 2.30. The number of ether oxygens (including phenoxy) is 1. The average molecular weight is 303 g/mol. The number of nitrogens with one attached hydrogen (secondary N) is 1. The first-order valence-electron chi connectivity index (χ1n) is 7.20. The summed E-state index contributed by atoms with van der Waals surface area (Å²) in [4.78, 5) is 24.1. The van der Waals surface area contributed by atoms with Crippen molar-refractivity contribution in [3.05, 3.63) is 41.6 Å². The van der Waals surface area contributed by atoms with Crippen molar-refractivity contribution in [2.75, 3.05) is 0 Å². The summed E-state index contributed by atoms with van der Waals surface area (Å²) in [6, 6.07) is 6.08. The molecule has 22 heavy (non-hydrogen) atoms. The molecule has 0 aromatic heterocycles. The summed E-state index contributed by atoms with van der Waals surface area (Å²) in [6.07, 6.45) is 1.05. The number of aliphatic hydroxyl groups is 1. The first-order valence-corrected chi connectivity index (χ1v) is 7.20. The molecule has 0 saturated carbocycles. The summed E-state index contributed by atoms with van der Waals surface area (Å²) in [6.45, 7) is 1.90. The first-order chi connectivity index (χ1) is 10.5. The van der Waals surface area contributed by atoms with Crippen molar-refractivity contribution in [2.24, 2.45) is 0 Å².